The van der Waals surface area contributed by atoms with Crippen molar-refractivity contribution in [3.8, 4) is 0 Å². The fourth-order valence-corrected chi connectivity index (χ4v) is 4.80. The molecular formula is C22H27N3O3S. The summed E-state index contributed by atoms with van der Waals surface area (Å²) in [4.78, 5) is 34.2. The maximum Gasteiger partial charge on any atom is 0.266 e. The fraction of sp³-hybridized carbons (Fsp3) is 0.500. The highest BCUT2D eigenvalue weighted by molar-refractivity contribution is 7.11. The van der Waals surface area contributed by atoms with Crippen molar-refractivity contribution in [1.82, 2.24) is 14.8 Å². The number of aromatic nitrogens is 1. The molecule has 0 spiro atoms. The van der Waals surface area contributed by atoms with Gasteiger partial charge in [-0.1, -0.05) is 49.6 Å². The molecule has 2 amide bonds. The van der Waals surface area contributed by atoms with Crippen molar-refractivity contribution < 1.29 is 14.3 Å². The van der Waals surface area contributed by atoms with Gasteiger partial charge in [-0.2, -0.15) is 0 Å². The second-order valence-corrected chi connectivity index (χ2v) is 8.69. The standard InChI is InChI=1S/C22H27N3O3S/c26-21-14-24(22(27)20-11-23-16-29-20)12-19(28-15-17-7-3-1-4-8-17)13-25(21)18-9-5-2-6-10-18/h1,3-4,7-8,11,16,18-19H,2,5-6,9-10,12-15H2/t19-/m1/s1. The number of rotatable bonds is 5. The van der Waals surface area contributed by atoms with Gasteiger partial charge in [-0.3, -0.25) is 14.6 Å². The second-order valence-electron chi connectivity index (χ2n) is 7.81. The van der Waals surface area contributed by atoms with E-state index in [1.54, 1.807) is 16.6 Å². The van der Waals surface area contributed by atoms with Crippen molar-refractivity contribution in [2.75, 3.05) is 19.6 Å². The number of amides is 2. The summed E-state index contributed by atoms with van der Waals surface area (Å²) in [5, 5.41) is 0. The largest absolute Gasteiger partial charge is 0.370 e. The number of hydrogen-bond acceptors (Lipinski definition) is 5. The maximum atomic E-state index is 13.1. The normalized spacial score (nSPS) is 21.2. The van der Waals surface area contributed by atoms with Gasteiger partial charge in [0, 0.05) is 19.1 Å². The van der Waals surface area contributed by atoms with E-state index in [2.05, 4.69) is 4.98 Å². The van der Waals surface area contributed by atoms with E-state index in [0.29, 0.717) is 24.6 Å². The Morgan fingerprint density at radius 2 is 1.93 bits per heavy atom. The van der Waals surface area contributed by atoms with Crippen LogP contribution in [0.1, 0.15) is 47.3 Å². The first-order valence-corrected chi connectivity index (χ1v) is 11.2. The van der Waals surface area contributed by atoms with E-state index >= 15 is 0 Å². The van der Waals surface area contributed by atoms with Crippen molar-refractivity contribution in [3.63, 3.8) is 0 Å². The van der Waals surface area contributed by atoms with Crippen molar-refractivity contribution in [1.29, 1.82) is 0 Å². The third-order valence-electron chi connectivity index (χ3n) is 5.75. The Morgan fingerprint density at radius 3 is 2.66 bits per heavy atom. The molecule has 2 fully saturated rings. The third-order valence-corrected chi connectivity index (χ3v) is 6.51. The molecule has 0 unspecified atom stereocenters. The van der Waals surface area contributed by atoms with E-state index in [0.717, 1.165) is 31.2 Å². The highest BCUT2D eigenvalue weighted by atomic mass is 32.1. The van der Waals surface area contributed by atoms with Crippen molar-refractivity contribution >= 4 is 23.2 Å². The van der Waals surface area contributed by atoms with Crippen LogP contribution in [-0.2, 0) is 16.1 Å². The first-order chi connectivity index (χ1) is 14.2. The van der Waals surface area contributed by atoms with Crippen LogP contribution in [0.15, 0.2) is 42.0 Å². The Kier molecular flexibility index (Phi) is 6.56. The molecule has 0 N–H and O–H groups in total. The van der Waals surface area contributed by atoms with Gasteiger partial charge >= 0.3 is 0 Å². The molecule has 4 rings (SSSR count). The molecule has 1 aromatic carbocycles. The molecule has 0 bridgehead atoms. The summed E-state index contributed by atoms with van der Waals surface area (Å²) in [5.41, 5.74) is 2.73. The summed E-state index contributed by atoms with van der Waals surface area (Å²) in [5.74, 6) is -0.111. The second kappa shape index (κ2) is 9.50. The minimum absolute atomic E-state index is 0.0283. The van der Waals surface area contributed by atoms with Gasteiger partial charge in [0.25, 0.3) is 5.91 Å². The molecule has 1 aliphatic heterocycles. The molecule has 1 atom stereocenters. The van der Waals surface area contributed by atoms with Crippen LogP contribution in [0.2, 0.25) is 0 Å². The quantitative estimate of drug-likeness (QED) is 0.754. The van der Waals surface area contributed by atoms with E-state index < -0.39 is 0 Å². The zero-order valence-electron chi connectivity index (χ0n) is 16.5. The number of carbonyl (C=O) groups is 2. The first kappa shape index (κ1) is 20.0. The van der Waals surface area contributed by atoms with Crippen LogP contribution < -0.4 is 0 Å². The molecule has 2 aromatic rings. The smallest absolute Gasteiger partial charge is 0.266 e. The summed E-state index contributed by atoms with van der Waals surface area (Å²) < 4.78 is 6.22. The minimum atomic E-state index is -0.208. The monoisotopic (exact) mass is 413 g/mol. The fourth-order valence-electron chi connectivity index (χ4n) is 4.21. The number of benzene rings is 1. The lowest BCUT2D eigenvalue weighted by Crippen LogP contribution is -2.46. The molecule has 6 nitrogen and oxygen atoms in total. The molecule has 1 saturated heterocycles. The number of thiazole rings is 1. The van der Waals surface area contributed by atoms with Crippen LogP contribution in [-0.4, -0.2) is 58.4 Å². The van der Waals surface area contributed by atoms with Gasteiger partial charge in [-0.05, 0) is 18.4 Å². The molecule has 2 heterocycles. The van der Waals surface area contributed by atoms with Gasteiger partial charge in [0.1, 0.15) is 11.4 Å². The Hall–Kier alpha value is -2.25. The summed E-state index contributed by atoms with van der Waals surface area (Å²) in [6, 6.07) is 10.3. The minimum Gasteiger partial charge on any atom is -0.370 e. The van der Waals surface area contributed by atoms with Gasteiger partial charge < -0.3 is 14.5 Å². The molecular weight excluding hydrogens is 386 g/mol. The van der Waals surface area contributed by atoms with Crippen LogP contribution in [0.4, 0.5) is 0 Å². The number of ether oxygens (including phenoxy) is 1. The van der Waals surface area contributed by atoms with E-state index in [1.165, 1.54) is 17.8 Å². The average Bonchev–Trinajstić information content (AvgIpc) is 3.24. The lowest BCUT2D eigenvalue weighted by molar-refractivity contribution is -0.134. The van der Waals surface area contributed by atoms with Crippen molar-refractivity contribution in [2.24, 2.45) is 0 Å². The van der Waals surface area contributed by atoms with Gasteiger partial charge in [-0.25, -0.2) is 0 Å². The van der Waals surface area contributed by atoms with Crippen LogP contribution in [0.3, 0.4) is 0 Å². The molecule has 0 radical (unpaired) electrons. The van der Waals surface area contributed by atoms with Crippen LogP contribution in [0, 0.1) is 0 Å². The van der Waals surface area contributed by atoms with Gasteiger partial charge in [0.05, 0.1) is 24.4 Å². The average molecular weight is 414 g/mol. The Bertz CT molecular complexity index is 806. The summed E-state index contributed by atoms with van der Waals surface area (Å²) in [6.07, 6.45) is 7.00. The molecule has 7 heteroatoms. The van der Waals surface area contributed by atoms with Crippen LogP contribution in [0.25, 0.3) is 0 Å². The summed E-state index contributed by atoms with van der Waals surface area (Å²) >= 11 is 1.30. The molecule has 29 heavy (non-hydrogen) atoms. The molecule has 1 aromatic heterocycles. The Labute approximate surface area is 175 Å². The first-order valence-electron chi connectivity index (χ1n) is 10.3. The highest BCUT2D eigenvalue weighted by Gasteiger charge is 2.35. The number of nitrogens with zero attached hydrogens (tertiary/aromatic N) is 3. The van der Waals surface area contributed by atoms with Crippen LogP contribution in [0.5, 0.6) is 0 Å². The van der Waals surface area contributed by atoms with E-state index in [1.807, 2.05) is 35.2 Å². The Morgan fingerprint density at radius 1 is 1.14 bits per heavy atom. The van der Waals surface area contributed by atoms with E-state index in [9.17, 15) is 9.59 Å². The summed E-state index contributed by atoms with van der Waals surface area (Å²) in [6.45, 7) is 1.54. The third kappa shape index (κ3) is 5.03. The SMILES string of the molecule is O=C(c1cncs1)N1CC(=O)N(C2CCCCC2)C[C@H](OCc2ccccc2)C1. The lowest BCUT2D eigenvalue weighted by Gasteiger charge is -2.34. The predicted octanol–water partition coefficient (Wildman–Crippen LogP) is 3.35. The van der Waals surface area contributed by atoms with E-state index in [4.69, 9.17) is 4.74 Å². The van der Waals surface area contributed by atoms with Crippen molar-refractivity contribution in [3.05, 3.63) is 52.5 Å². The molecule has 2 aliphatic rings. The van der Waals surface area contributed by atoms with Gasteiger partial charge in [-0.15, -0.1) is 11.3 Å². The maximum absolute atomic E-state index is 13.1. The topological polar surface area (TPSA) is 62.7 Å². The zero-order chi connectivity index (χ0) is 20.1. The molecule has 154 valence electrons. The van der Waals surface area contributed by atoms with Crippen LogP contribution >= 0.6 is 11.3 Å². The number of carbonyl (C=O) groups excluding carboxylic acids is 2. The van der Waals surface area contributed by atoms with Crippen molar-refractivity contribution in [2.45, 2.75) is 50.9 Å². The predicted molar refractivity (Wildman–Crippen MR) is 112 cm³/mol. The summed E-state index contributed by atoms with van der Waals surface area (Å²) in [7, 11) is 0. The number of hydrogen-bond donors (Lipinski definition) is 0. The van der Waals surface area contributed by atoms with E-state index in [-0.39, 0.29) is 30.5 Å². The van der Waals surface area contributed by atoms with Gasteiger partial charge in [0.15, 0.2) is 0 Å². The lowest BCUT2D eigenvalue weighted by atomic mass is 9.94. The zero-order valence-corrected chi connectivity index (χ0v) is 17.4. The molecule has 1 aliphatic carbocycles. The highest BCUT2D eigenvalue weighted by Crippen LogP contribution is 2.25. The van der Waals surface area contributed by atoms with Gasteiger partial charge in [0.2, 0.25) is 5.91 Å². The Balaban J connectivity index is 1.51. The molecule has 1 saturated carbocycles.